The number of hydrogen-bond acceptors (Lipinski definition) is 4. The number of hydrogen-bond donors (Lipinski definition) is 0. The summed E-state index contributed by atoms with van der Waals surface area (Å²) >= 11 is 0. The van der Waals surface area contributed by atoms with Crippen LogP contribution in [0.5, 0.6) is 5.88 Å². The van der Waals surface area contributed by atoms with Crippen LogP contribution in [0.3, 0.4) is 0 Å². The fourth-order valence-corrected chi connectivity index (χ4v) is 2.71. The molecule has 0 saturated heterocycles. The Morgan fingerprint density at radius 2 is 1.83 bits per heavy atom. The Balaban J connectivity index is 2.21. The van der Waals surface area contributed by atoms with Gasteiger partial charge in [-0.1, -0.05) is 37.8 Å². The summed E-state index contributed by atoms with van der Waals surface area (Å²) in [5, 5.41) is 8.54. The van der Waals surface area contributed by atoms with Crippen LogP contribution in [0, 0.1) is 0 Å². The predicted molar refractivity (Wildman–Crippen MR) is 99.2 cm³/mol. The maximum Gasteiger partial charge on any atom is 0.242 e. The summed E-state index contributed by atoms with van der Waals surface area (Å²) in [5.74, 6) is 0.526. The number of nitrogens with zero attached hydrogens (tertiary/aromatic N) is 3. The molecule has 0 saturated carbocycles. The average molecular weight is 325 g/mol. The van der Waals surface area contributed by atoms with Crippen molar-refractivity contribution < 1.29 is 4.74 Å². The van der Waals surface area contributed by atoms with Gasteiger partial charge in [0.2, 0.25) is 5.88 Å². The zero-order chi connectivity index (χ0) is 17.5. The number of ether oxygens (including phenoxy) is 1. The Kier molecular flexibility index (Phi) is 6.36. The highest BCUT2D eigenvalue weighted by molar-refractivity contribution is 5.65. The van der Waals surface area contributed by atoms with E-state index in [0.717, 1.165) is 42.8 Å². The Labute approximate surface area is 145 Å². The molecule has 128 valence electrons. The van der Waals surface area contributed by atoms with E-state index in [4.69, 9.17) is 4.74 Å². The molecule has 0 aliphatic rings. The Bertz CT molecular complexity index is 697. The van der Waals surface area contributed by atoms with E-state index in [1.807, 2.05) is 7.05 Å². The fraction of sp³-hybridized carbons (Fsp3) is 0.400. The van der Waals surface area contributed by atoms with Gasteiger partial charge in [0.15, 0.2) is 0 Å². The van der Waals surface area contributed by atoms with Gasteiger partial charge in [-0.3, -0.25) is 0 Å². The third-order valence-corrected chi connectivity index (χ3v) is 4.40. The summed E-state index contributed by atoms with van der Waals surface area (Å²) < 4.78 is 5.35. The lowest BCUT2D eigenvalue weighted by atomic mass is 10.00. The van der Waals surface area contributed by atoms with E-state index in [9.17, 15) is 0 Å². The van der Waals surface area contributed by atoms with Crippen LogP contribution < -0.4 is 4.74 Å². The van der Waals surface area contributed by atoms with Crippen molar-refractivity contribution >= 4 is 5.70 Å². The van der Waals surface area contributed by atoms with E-state index in [2.05, 4.69) is 65.9 Å². The lowest BCUT2D eigenvalue weighted by Crippen LogP contribution is -2.16. The van der Waals surface area contributed by atoms with E-state index in [1.54, 1.807) is 7.11 Å². The number of aryl methyl sites for hydroxylation is 3. The van der Waals surface area contributed by atoms with E-state index >= 15 is 0 Å². The third-order valence-electron chi connectivity index (χ3n) is 4.40. The number of benzene rings is 1. The average Bonchev–Trinajstić information content (AvgIpc) is 2.64. The third kappa shape index (κ3) is 4.13. The fourth-order valence-electron chi connectivity index (χ4n) is 2.71. The van der Waals surface area contributed by atoms with Crippen LogP contribution in [0.25, 0.3) is 5.70 Å². The van der Waals surface area contributed by atoms with Crippen LogP contribution in [0.15, 0.2) is 36.9 Å². The van der Waals surface area contributed by atoms with Crippen molar-refractivity contribution in [3.63, 3.8) is 0 Å². The van der Waals surface area contributed by atoms with E-state index in [0.29, 0.717) is 5.88 Å². The molecule has 0 spiro atoms. The van der Waals surface area contributed by atoms with Crippen LogP contribution in [0.2, 0.25) is 0 Å². The molecule has 1 aromatic carbocycles. The Hall–Kier alpha value is -2.36. The van der Waals surface area contributed by atoms with Gasteiger partial charge < -0.3 is 9.64 Å². The van der Waals surface area contributed by atoms with Crippen molar-refractivity contribution in [2.45, 2.75) is 33.1 Å². The van der Waals surface area contributed by atoms with Gasteiger partial charge in [0.05, 0.1) is 18.4 Å². The van der Waals surface area contributed by atoms with Gasteiger partial charge in [0, 0.05) is 19.3 Å². The molecule has 0 radical (unpaired) electrons. The van der Waals surface area contributed by atoms with Gasteiger partial charge in [0.1, 0.15) is 0 Å². The molecule has 4 heteroatoms. The van der Waals surface area contributed by atoms with E-state index < -0.39 is 0 Å². The highest BCUT2D eigenvalue weighted by Gasteiger charge is 2.13. The first-order valence-corrected chi connectivity index (χ1v) is 8.48. The molecular formula is C20H27N3O. The lowest BCUT2D eigenvalue weighted by Gasteiger charge is -2.21. The molecule has 0 bridgehead atoms. The van der Waals surface area contributed by atoms with Crippen molar-refractivity contribution in [3.05, 3.63) is 59.3 Å². The van der Waals surface area contributed by atoms with Gasteiger partial charge in [0.25, 0.3) is 0 Å². The molecule has 0 N–H and O–H groups in total. The molecule has 2 rings (SSSR count). The van der Waals surface area contributed by atoms with Gasteiger partial charge in [-0.15, -0.1) is 5.10 Å². The lowest BCUT2D eigenvalue weighted by molar-refractivity contribution is 0.386. The summed E-state index contributed by atoms with van der Waals surface area (Å²) in [7, 11) is 3.63. The topological polar surface area (TPSA) is 38.3 Å². The summed E-state index contributed by atoms with van der Waals surface area (Å²) in [4.78, 5) is 2.08. The van der Waals surface area contributed by atoms with Crippen molar-refractivity contribution in [2.24, 2.45) is 0 Å². The maximum atomic E-state index is 5.35. The van der Waals surface area contributed by atoms with Crippen molar-refractivity contribution in [1.82, 2.24) is 15.1 Å². The SMILES string of the molecule is C=C(c1cc(CCc2ccccc2CC)nnc1OC)N(C)CC. The quantitative estimate of drug-likeness (QED) is 0.741. The highest BCUT2D eigenvalue weighted by atomic mass is 16.5. The molecule has 0 fully saturated rings. The second-order valence-corrected chi connectivity index (χ2v) is 5.84. The largest absolute Gasteiger partial charge is 0.479 e. The minimum Gasteiger partial charge on any atom is -0.479 e. The monoisotopic (exact) mass is 325 g/mol. The highest BCUT2D eigenvalue weighted by Crippen LogP contribution is 2.25. The predicted octanol–water partition coefficient (Wildman–Crippen LogP) is 3.76. The molecule has 0 amide bonds. The van der Waals surface area contributed by atoms with Gasteiger partial charge in [-0.05, 0) is 43.4 Å². The molecule has 0 atom stereocenters. The van der Waals surface area contributed by atoms with E-state index in [1.165, 1.54) is 11.1 Å². The van der Waals surface area contributed by atoms with Gasteiger partial charge in [-0.2, -0.15) is 5.10 Å². The molecule has 4 nitrogen and oxygen atoms in total. The first kappa shape index (κ1) is 18.0. The number of aromatic nitrogens is 2. The van der Waals surface area contributed by atoms with Crippen LogP contribution in [0.4, 0.5) is 0 Å². The minimum atomic E-state index is 0.526. The normalized spacial score (nSPS) is 10.5. The van der Waals surface area contributed by atoms with Gasteiger partial charge in [-0.25, -0.2) is 0 Å². The van der Waals surface area contributed by atoms with Crippen LogP contribution in [-0.4, -0.2) is 35.8 Å². The zero-order valence-electron chi connectivity index (χ0n) is 15.2. The van der Waals surface area contributed by atoms with Crippen LogP contribution in [0.1, 0.15) is 36.2 Å². The molecule has 0 unspecified atom stereocenters. The molecule has 0 aliphatic carbocycles. The molecule has 1 heterocycles. The minimum absolute atomic E-state index is 0.526. The van der Waals surface area contributed by atoms with Crippen LogP contribution >= 0.6 is 0 Å². The second-order valence-electron chi connectivity index (χ2n) is 5.84. The molecule has 2 aromatic rings. The van der Waals surface area contributed by atoms with Crippen LogP contribution in [-0.2, 0) is 19.3 Å². The summed E-state index contributed by atoms with van der Waals surface area (Å²) in [6, 6.07) is 10.6. The first-order valence-electron chi connectivity index (χ1n) is 8.48. The Morgan fingerprint density at radius 3 is 2.46 bits per heavy atom. The smallest absolute Gasteiger partial charge is 0.242 e. The molecule has 1 aromatic heterocycles. The summed E-state index contributed by atoms with van der Waals surface area (Å²) in [6.07, 6.45) is 2.86. The first-order chi connectivity index (χ1) is 11.6. The number of methoxy groups -OCH3 is 1. The summed E-state index contributed by atoms with van der Waals surface area (Å²) in [6.45, 7) is 9.33. The molecule has 24 heavy (non-hydrogen) atoms. The van der Waals surface area contributed by atoms with Crippen molar-refractivity contribution in [3.8, 4) is 5.88 Å². The molecule has 0 aliphatic heterocycles. The Morgan fingerprint density at radius 1 is 1.12 bits per heavy atom. The van der Waals surface area contributed by atoms with E-state index in [-0.39, 0.29) is 0 Å². The zero-order valence-corrected chi connectivity index (χ0v) is 15.2. The van der Waals surface area contributed by atoms with Gasteiger partial charge >= 0.3 is 0 Å². The maximum absolute atomic E-state index is 5.35. The standard InChI is InChI=1S/C20H27N3O/c1-6-16-10-8-9-11-17(16)12-13-18-14-19(15(3)23(4)7-2)20(24-5)22-21-18/h8-11,14H,3,6-7,12-13H2,1-2,4-5H3. The second kappa shape index (κ2) is 8.48. The summed E-state index contributed by atoms with van der Waals surface area (Å²) in [5.41, 5.74) is 5.55. The number of rotatable bonds is 8. The molecular weight excluding hydrogens is 298 g/mol. The van der Waals surface area contributed by atoms with Crippen molar-refractivity contribution in [2.75, 3.05) is 20.7 Å². The van der Waals surface area contributed by atoms with Crippen molar-refractivity contribution in [1.29, 1.82) is 0 Å².